The fourth-order valence-electron chi connectivity index (χ4n) is 3.03. The summed E-state index contributed by atoms with van der Waals surface area (Å²) >= 11 is 0. The molecule has 5 rings (SSSR count). The lowest BCUT2D eigenvalue weighted by molar-refractivity contribution is -0.133. The van der Waals surface area contributed by atoms with E-state index in [1.54, 1.807) is 30.1 Å². The number of nitrogens with one attached hydrogen (secondary N) is 1. The van der Waals surface area contributed by atoms with Gasteiger partial charge in [0, 0.05) is 45.2 Å². The van der Waals surface area contributed by atoms with Crippen molar-refractivity contribution in [3.63, 3.8) is 0 Å². The molecule has 11 nitrogen and oxygen atoms in total. The summed E-state index contributed by atoms with van der Waals surface area (Å²) in [5.41, 5.74) is 2.83. The SMILES string of the molecule is CN1CCC(O)C1=O.Cn1ccc(Nc2nccc(-c3cccc(-c4ccon4)n3)n2)n1. The highest BCUT2D eigenvalue weighted by Gasteiger charge is 2.26. The van der Waals surface area contributed by atoms with Crippen molar-refractivity contribution in [2.75, 3.05) is 18.9 Å². The molecule has 0 radical (unpaired) electrons. The van der Waals surface area contributed by atoms with Crippen molar-refractivity contribution in [2.24, 2.45) is 7.05 Å². The number of likely N-dealkylation sites (N-methyl/N-ethyl adjacent to an activating group) is 1. The zero-order chi connectivity index (χ0) is 22.5. The molecule has 0 spiro atoms. The molecular weight excluding hydrogens is 412 g/mol. The zero-order valence-electron chi connectivity index (χ0n) is 17.6. The van der Waals surface area contributed by atoms with Gasteiger partial charge in [-0.25, -0.2) is 15.0 Å². The second-order valence-corrected chi connectivity index (χ2v) is 7.12. The summed E-state index contributed by atoms with van der Waals surface area (Å²) in [4.78, 5) is 25.4. The Morgan fingerprint density at radius 1 is 1.06 bits per heavy atom. The van der Waals surface area contributed by atoms with Crippen molar-refractivity contribution in [3.8, 4) is 22.8 Å². The molecule has 1 atom stereocenters. The van der Waals surface area contributed by atoms with E-state index in [-0.39, 0.29) is 5.91 Å². The molecule has 164 valence electrons. The fraction of sp³-hybridized carbons (Fsp3) is 0.238. The summed E-state index contributed by atoms with van der Waals surface area (Å²) in [7, 11) is 3.54. The van der Waals surface area contributed by atoms with Crippen LogP contribution in [-0.4, -0.2) is 65.5 Å². The van der Waals surface area contributed by atoms with Crippen molar-refractivity contribution in [3.05, 3.63) is 55.1 Å². The minimum atomic E-state index is -0.722. The van der Waals surface area contributed by atoms with Crippen molar-refractivity contribution in [1.82, 2.24) is 34.8 Å². The number of anilines is 2. The van der Waals surface area contributed by atoms with E-state index in [0.29, 0.717) is 36.1 Å². The number of amides is 1. The molecule has 1 saturated heterocycles. The van der Waals surface area contributed by atoms with Crippen LogP contribution >= 0.6 is 0 Å². The number of likely N-dealkylation sites (tertiary alicyclic amines) is 1. The van der Waals surface area contributed by atoms with Crippen molar-refractivity contribution < 1.29 is 14.4 Å². The second-order valence-electron chi connectivity index (χ2n) is 7.12. The Kier molecular flexibility index (Phi) is 6.17. The lowest BCUT2D eigenvalue weighted by atomic mass is 10.2. The lowest BCUT2D eigenvalue weighted by Gasteiger charge is -2.05. The standard InChI is InChI=1S/C16H13N7O.C5H9NO2/c1-23-9-6-15(21-23)20-16-17-8-5-13(19-16)11-3-2-4-12(18-11)14-7-10-24-22-14;1-6-3-2-4(7)5(6)8/h2-10H,1H3,(H,17,19,20,21);4,7H,2-3H2,1H3. The Bertz CT molecular complexity index is 1180. The van der Waals surface area contributed by atoms with Gasteiger partial charge in [0.1, 0.15) is 18.1 Å². The molecule has 1 amide bonds. The van der Waals surface area contributed by atoms with Gasteiger partial charge in [0.05, 0.1) is 17.1 Å². The highest BCUT2D eigenvalue weighted by molar-refractivity contribution is 5.82. The number of carbonyl (C=O) groups excluding carboxylic acids is 1. The van der Waals surface area contributed by atoms with Crippen LogP contribution in [0, 0.1) is 0 Å². The smallest absolute Gasteiger partial charge is 0.251 e. The monoisotopic (exact) mass is 434 g/mol. The highest BCUT2D eigenvalue weighted by atomic mass is 16.5. The molecule has 4 aromatic heterocycles. The van der Waals surface area contributed by atoms with Gasteiger partial charge in [-0.3, -0.25) is 9.48 Å². The topological polar surface area (TPSA) is 135 Å². The van der Waals surface area contributed by atoms with E-state index in [1.165, 1.54) is 11.2 Å². The fourth-order valence-corrected chi connectivity index (χ4v) is 3.03. The third kappa shape index (κ3) is 4.95. The van der Waals surface area contributed by atoms with Gasteiger partial charge < -0.3 is 19.8 Å². The van der Waals surface area contributed by atoms with Crippen LogP contribution in [0.25, 0.3) is 22.8 Å². The summed E-state index contributed by atoms with van der Waals surface area (Å²) in [6.45, 7) is 0.694. The van der Waals surface area contributed by atoms with Crippen LogP contribution in [0.2, 0.25) is 0 Å². The van der Waals surface area contributed by atoms with E-state index in [0.717, 1.165) is 11.4 Å². The maximum atomic E-state index is 10.6. The van der Waals surface area contributed by atoms with E-state index in [2.05, 4.69) is 30.5 Å². The molecule has 2 N–H and O–H groups in total. The Labute approximate surface area is 183 Å². The van der Waals surface area contributed by atoms with Gasteiger partial charge in [-0.1, -0.05) is 11.2 Å². The van der Waals surface area contributed by atoms with Crippen LogP contribution < -0.4 is 5.32 Å². The van der Waals surface area contributed by atoms with Crippen LogP contribution in [0.4, 0.5) is 11.8 Å². The molecule has 0 bridgehead atoms. The number of hydrogen-bond donors (Lipinski definition) is 2. The number of hydrogen-bond acceptors (Lipinski definition) is 9. The van der Waals surface area contributed by atoms with Crippen molar-refractivity contribution in [1.29, 1.82) is 0 Å². The van der Waals surface area contributed by atoms with Crippen LogP contribution in [0.5, 0.6) is 0 Å². The molecule has 1 fully saturated rings. The summed E-state index contributed by atoms with van der Waals surface area (Å²) in [5.74, 6) is 0.990. The van der Waals surface area contributed by atoms with Crippen LogP contribution in [0.3, 0.4) is 0 Å². The van der Waals surface area contributed by atoms with E-state index < -0.39 is 6.10 Å². The third-order valence-corrected chi connectivity index (χ3v) is 4.72. The number of aromatic nitrogens is 6. The molecule has 0 aromatic carbocycles. The minimum Gasteiger partial charge on any atom is -0.383 e. The number of carbonyl (C=O) groups is 1. The summed E-state index contributed by atoms with van der Waals surface area (Å²) in [6, 6.07) is 11.1. The first-order valence-corrected chi connectivity index (χ1v) is 9.90. The maximum absolute atomic E-state index is 10.6. The first kappa shape index (κ1) is 21.1. The Hall–Kier alpha value is -4.12. The highest BCUT2D eigenvalue weighted by Crippen LogP contribution is 2.21. The summed E-state index contributed by atoms with van der Waals surface area (Å²) in [5, 5.41) is 20.0. The van der Waals surface area contributed by atoms with Gasteiger partial charge in [0.15, 0.2) is 5.82 Å². The molecule has 1 aliphatic rings. The van der Waals surface area contributed by atoms with E-state index >= 15 is 0 Å². The molecule has 1 aliphatic heterocycles. The van der Waals surface area contributed by atoms with Gasteiger partial charge in [0.2, 0.25) is 5.95 Å². The normalized spacial score (nSPS) is 15.4. The van der Waals surface area contributed by atoms with E-state index in [9.17, 15) is 4.79 Å². The number of aliphatic hydroxyl groups excluding tert-OH is 1. The zero-order valence-corrected chi connectivity index (χ0v) is 17.6. The summed E-state index contributed by atoms with van der Waals surface area (Å²) in [6.07, 6.45) is 4.91. The first-order chi connectivity index (χ1) is 15.5. The van der Waals surface area contributed by atoms with Crippen LogP contribution in [0.15, 0.2) is 59.6 Å². The molecule has 32 heavy (non-hydrogen) atoms. The third-order valence-electron chi connectivity index (χ3n) is 4.72. The average molecular weight is 434 g/mol. The van der Waals surface area contributed by atoms with Gasteiger partial charge in [0.25, 0.3) is 5.91 Å². The van der Waals surface area contributed by atoms with E-state index in [4.69, 9.17) is 9.63 Å². The predicted octanol–water partition coefficient (Wildman–Crippen LogP) is 1.88. The minimum absolute atomic E-state index is 0.148. The van der Waals surface area contributed by atoms with Crippen LogP contribution in [-0.2, 0) is 11.8 Å². The van der Waals surface area contributed by atoms with Gasteiger partial charge >= 0.3 is 0 Å². The van der Waals surface area contributed by atoms with Gasteiger partial charge in [-0.15, -0.1) is 0 Å². The second kappa shape index (κ2) is 9.35. The molecular formula is C21H22N8O3. The first-order valence-electron chi connectivity index (χ1n) is 9.90. The predicted molar refractivity (Wildman–Crippen MR) is 116 cm³/mol. The van der Waals surface area contributed by atoms with Gasteiger partial charge in [-0.2, -0.15) is 5.10 Å². The molecule has 5 heterocycles. The molecule has 1 unspecified atom stereocenters. The van der Waals surface area contributed by atoms with Crippen molar-refractivity contribution in [2.45, 2.75) is 12.5 Å². The number of pyridine rings is 1. The van der Waals surface area contributed by atoms with Crippen molar-refractivity contribution >= 4 is 17.7 Å². The lowest BCUT2D eigenvalue weighted by Crippen LogP contribution is -2.24. The Morgan fingerprint density at radius 3 is 2.44 bits per heavy atom. The number of aryl methyl sites for hydroxylation is 1. The van der Waals surface area contributed by atoms with Gasteiger partial charge in [-0.05, 0) is 24.6 Å². The maximum Gasteiger partial charge on any atom is 0.251 e. The molecule has 0 aliphatic carbocycles. The molecule has 11 heteroatoms. The molecule has 4 aromatic rings. The summed E-state index contributed by atoms with van der Waals surface area (Å²) < 4.78 is 6.57. The van der Waals surface area contributed by atoms with Crippen LogP contribution in [0.1, 0.15) is 6.42 Å². The Morgan fingerprint density at radius 2 is 1.84 bits per heavy atom. The number of nitrogens with zero attached hydrogens (tertiary/aromatic N) is 7. The van der Waals surface area contributed by atoms with E-state index in [1.807, 2.05) is 37.5 Å². The quantitative estimate of drug-likeness (QED) is 0.493. The number of rotatable bonds is 4. The molecule has 0 saturated carbocycles. The Balaban J connectivity index is 0.000000260. The average Bonchev–Trinajstić information content (AvgIpc) is 3.55. The largest absolute Gasteiger partial charge is 0.383 e. The number of aliphatic hydroxyl groups is 1.